The summed E-state index contributed by atoms with van der Waals surface area (Å²) in [5.74, 6) is 1.05. The van der Waals surface area contributed by atoms with Crippen LogP contribution in [0.1, 0.15) is 27.2 Å². The lowest BCUT2D eigenvalue weighted by Crippen LogP contribution is -2.31. The lowest BCUT2D eigenvalue weighted by molar-refractivity contribution is -0.120. The second-order valence-electron chi connectivity index (χ2n) is 4.85. The number of para-hydroxylation sites is 1. The molecule has 2 aromatic rings. The Balaban J connectivity index is 2.08. The maximum absolute atomic E-state index is 11.9. The van der Waals surface area contributed by atoms with E-state index in [-0.39, 0.29) is 11.2 Å². The number of rotatable bonds is 8. The lowest BCUT2D eigenvalue weighted by atomic mass is 10.2. The predicted molar refractivity (Wildman–Crippen MR) is 89.5 cm³/mol. The Kier molecular flexibility index (Phi) is 6.46. The van der Waals surface area contributed by atoms with Crippen molar-refractivity contribution in [2.75, 3.05) is 13.2 Å². The van der Waals surface area contributed by atoms with E-state index in [1.807, 2.05) is 45.0 Å². The molecule has 0 bridgehead atoms. The summed E-state index contributed by atoms with van der Waals surface area (Å²) in [7, 11) is 0. The second-order valence-corrected chi connectivity index (χ2v) is 6.15. The molecule has 2 rings (SSSR count). The monoisotopic (exact) mass is 335 g/mol. The predicted octanol–water partition coefficient (Wildman–Crippen LogP) is 3.14. The summed E-state index contributed by atoms with van der Waals surface area (Å²) in [6, 6.07) is 7.50. The van der Waals surface area contributed by atoms with Gasteiger partial charge in [-0.05, 0) is 32.4 Å². The van der Waals surface area contributed by atoms with Crippen molar-refractivity contribution in [3.8, 4) is 17.2 Å². The number of carbonyl (C=O) groups is 1. The van der Waals surface area contributed by atoms with Gasteiger partial charge in [0.1, 0.15) is 5.75 Å². The first kappa shape index (κ1) is 17.3. The van der Waals surface area contributed by atoms with Gasteiger partial charge in [0, 0.05) is 6.54 Å². The minimum atomic E-state index is -0.294. The maximum Gasteiger partial charge on any atom is 0.277 e. The van der Waals surface area contributed by atoms with E-state index >= 15 is 0 Å². The van der Waals surface area contributed by atoms with Crippen molar-refractivity contribution in [3.63, 3.8) is 0 Å². The number of hydrogen-bond donors (Lipinski definition) is 1. The molecule has 1 aromatic heterocycles. The number of carbonyl (C=O) groups excluding carboxylic acids is 1. The van der Waals surface area contributed by atoms with Gasteiger partial charge in [0.15, 0.2) is 0 Å². The third kappa shape index (κ3) is 4.72. The summed E-state index contributed by atoms with van der Waals surface area (Å²) in [5, 5.41) is 11.0. The summed E-state index contributed by atoms with van der Waals surface area (Å²) >= 11 is 1.24. The third-order valence-electron chi connectivity index (χ3n) is 3.02. The first-order valence-electron chi connectivity index (χ1n) is 7.65. The number of nitrogens with one attached hydrogen (secondary N) is 1. The fourth-order valence-corrected chi connectivity index (χ4v) is 2.60. The Morgan fingerprint density at radius 3 is 2.87 bits per heavy atom. The highest BCUT2D eigenvalue weighted by molar-refractivity contribution is 8.00. The average molecular weight is 335 g/mol. The normalized spacial score (nSPS) is 12.0. The summed E-state index contributed by atoms with van der Waals surface area (Å²) < 4.78 is 11.2. The zero-order valence-electron chi connectivity index (χ0n) is 13.5. The van der Waals surface area contributed by atoms with E-state index < -0.39 is 0 Å². The summed E-state index contributed by atoms with van der Waals surface area (Å²) in [5.41, 5.74) is 0.747. The van der Waals surface area contributed by atoms with Crippen LogP contribution in [0.15, 0.2) is 33.9 Å². The van der Waals surface area contributed by atoms with Crippen LogP contribution < -0.4 is 10.1 Å². The topological polar surface area (TPSA) is 77.2 Å². The van der Waals surface area contributed by atoms with Crippen molar-refractivity contribution in [3.05, 3.63) is 24.3 Å². The fourth-order valence-electron chi connectivity index (χ4n) is 1.89. The minimum Gasteiger partial charge on any atom is -0.493 e. The van der Waals surface area contributed by atoms with Crippen molar-refractivity contribution in [1.82, 2.24) is 15.5 Å². The number of hydrogen-bond acceptors (Lipinski definition) is 6. The molecule has 1 heterocycles. The molecule has 1 amide bonds. The molecule has 124 valence electrons. The Morgan fingerprint density at radius 2 is 2.13 bits per heavy atom. The van der Waals surface area contributed by atoms with E-state index in [9.17, 15) is 4.79 Å². The number of ether oxygens (including phenoxy) is 1. The molecule has 0 fully saturated rings. The van der Waals surface area contributed by atoms with Crippen LogP contribution in [-0.2, 0) is 4.79 Å². The summed E-state index contributed by atoms with van der Waals surface area (Å²) in [6.45, 7) is 6.97. The van der Waals surface area contributed by atoms with Crippen LogP contribution in [0.5, 0.6) is 5.75 Å². The van der Waals surface area contributed by atoms with Gasteiger partial charge in [-0.15, -0.1) is 10.2 Å². The number of aromatic nitrogens is 2. The van der Waals surface area contributed by atoms with Gasteiger partial charge in [0.25, 0.3) is 11.1 Å². The molecule has 0 saturated carbocycles. The van der Waals surface area contributed by atoms with Crippen molar-refractivity contribution in [1.29, 1.82) is 0 Å². The summed E-state index contributed by atoms with van der Waals surface area (Å²) in [4.78, 5) is 11.9. The molecule has 1 aromatic carbocycles. The van der Waals surface area contributed by atoms with Crippen molar-refractivity contribution >= 4 is 17.7 Å². The number of nitrogens with zero attached hydrogens (tertiary/aromatic N) is 2. The molecule has 1 N–H and O–H groups in total. The molecule has 1 unspecified atom stereocenters. The Morgan fingerprint density at radius 1 is 1.35 bits per heavy atom. The molecular weight excluding hydrogens is 314 g/mol. The summed E-state index contributed by atoms with van der Waals surface area (Å²) in [6.07, 6.45) is 0.905. The molecule has 7 heteroatoms. The number of amides is 1. The van der Waals surface area contributed by atoms with Gasteiger partial charge in [-0.2, -0.15) is 0 Å². The Bertz CT molecular complexity index is 645. The Labute approximate surface area is 140 Å². The highest BCUT2D eigenvalue weighted by atomic mass is 32.2. The van der Waals surface area contributed by atoms with Crippen molar-refractivity contribution in [2.24, 2.45) is 0 Å². The average Bonchev–Trinajstić information content (AvgIpc) is 3.01. The molecule has 1 atom stereocenters. The molecule has 23 heavy (non-hydrogen) atoms. The smallest absolute Gasteiger partial charge is 0.277 e. The van der Waals surface area contributed by atoms with Gasteiger partial charge in [0.2, 0.25) is 5.91 Å². The molecule has 0 aliphatic rings. The number of thioether (sulfide) groups is 1. The van der Waals surface area contributed by atoms with E-state index in [4.69, 9.17) is 9.15 Å². The van der Waals surface area contributed by atoms with E-state index in [1.165, 1.54) is 11.8 Å². The van der Waals surface area contributed by atoms with E-state index in [2.05, 4.69) is 15.5 Å². The number of benzene rings is 1. The first-order chi connectivity index (χ1) is 11.2. The fraction of sp³-hybridized carbons (Fsp3) is 0.438. The van der Waals surface area contributed by atoms with Crippen LogP contribution in [0.4, 0.5) is 0 Å². The van der Waals surface area contributed by atoms with Crippen LogP contribution in [0.25, 0.3) is 11.5 Å². The van der Waals surface area contributed by atoms with Crippen LogP contribution in [-0.4, -0.2) is 34.5 Å². The van der Waals surface area contributed by atoms with Crippen molar-refractivity contribution < 1.29 is 13.9 Å². The van der Waals surface area contributed by atoms with Gasteiger partial charge in [-0.1, -0.05) is 30.8 Å². The third-order valence-corrected chi connectivity index (χ3v) is 3.95. The Hall–Kier alpha value is -2.02. The quantitative estimate of drug-likeness (QED) is 0.747. The molecular formula is C16H21N3O3S. The van der Waals surface area contributed by atoms with Gasteiger partial charge in [-0.25, -0.2) is 0 Å². The van der Waals surface area contributed by atoms with Gasteiger partial charge in [-0.3, -0.25) is 4.79 Å². The zero-order chi connectivity index (χ0) is 16.7. The molecule has 0 aliphatic heterocycles. The van der Waals surface area contributed by atoms with Crippen LogP contribution in [0, 0.1) is 0 Å². The highest BCUT2D eigenvalue weighted by Crippen LogP contribution is 2.31. The van der Waals surface area contributed by atoms with E-state index in [1.54, 1.807) is 0 Å². The van der Waals surface area contributed by atoms with Crippen LogP contribution >= 0.6 is 11.8 Å². The lowest BCUT2D eigenvalue weighted by Gasteiger charge is -2.08. The molecule has 0 spiro atoms. The molecule has 6 nitrogen and oxygen atoms in total. The minimum absolute atomic E-state index is 0.0358. The van der Waals surface area contributed by atoms with Gasteiger partial charge in [0.05, 0.1) is 17.4 Å². The molecule has 0 aliphatic carbocycles. The highest BCUT2D eigenvalue weighted by Gasteiger charge is 2.19. The van der Waals surface area contributed by atoms with Gasteiger partial charge >= 0.3 is 0 Å². The largest absolute Gasteiger partial charge is 0.493 e. The van der Waals surface area contributed by atoms with E-state index in [0.717, 1.165) is 12.0 Å². The second kappa shape index (κ2) is 8.57. The van der Waals surface area contributed by atoms with Crippen LogP contribution in [0.2, 0.25) is 0 Å². The molecule has 0 radical (unpaired) electrons. The van der Waals surface area contributed by atoms with Gasteiger partial charge < -0.3 is 14.5 Å². The van der Waals surface area contributed by atoms with Crippen LogP contribution in [0.3, 0.4) is 0 Å². The first-order valence-corrected chi connectivity index (χ1v) is 8.53. The zero-order valence-corrected chi connectivity index (χ0v) is 14.4. The van der Waals surface area contributed by atoms with Crippen molar-refractivity contribution in [2.45, 2.75) is 37.7 Å². The van der Waals surface area contributed by atoms with E-state index in [0.29, 0.717) is 30.0 Å². The standard InChI is InChI=1S/C16H21N3O3S/c1-4-10-17-14(20)11(3)23-16-19-18-15(22-16)12-8-6-7-9-13(12)21-5-2/h6-9,11H,4-5,10H2,1-3H3,(H,17,20). The SMILES string of the molecule is CCCNC(=O)C(C)Sc1nnc(-c2ccccc2OCC)o1. The maximum atomic E-state index is 11.9. The molecule has 0 saturated heterocycles.